The molecular formula is C25H25N3O7. The monoisotopic (exact) mass is 479 g/mol. The Morgan fingerprint density at radius 2 is 1.83 bits per heavy atom. The molecule has 0 bridgehead atoms. The van der Waals surface area contributed by atoms with Crippen molar-refractivity contribution in [1.29, 1.82) is 0 Å². The summed E-state index contributed by atoms with van der Waals surface area (Å²) in [6.07, 6.45) is 0. The summed E-state index contributed by atoms with van der Waals surface area (Å²) in [5, 5.41) is 14.1. The highest BCUT2D eigenvalue weighted by molar-refractivity contribution is 6.12. The minimum Gasteiger partial charge on any atom is -0.468 e. The molecule has 0 radical (unpaired) electrons. The minimum absolute atomic E-state index is 0.130. The Morgan fingerprint density at radius 3 is 2.49 bits per heavy atom. The van der Waals surface area contributed by atoms with E-state index in [0.29, 0.717) is 17.0 Å². The molecule has 0 aromatic heterocycles. The van der Waals surface area contributed by atoms with E-state index in [0.717, 1.165) is 0 Å². The Morgan fingerprint density at radius 1 is 1.11 bits per heavy atom. The average Bonchev–Trinajstić information content (AvgIpc) is 2.83. The highest BCUT2D eigenvalue weighted by Crippen LogP contribution is 2.41. The molecule has 10 heteroatoms. The molecule has 2 aromatic carbocycles. The fourth-order valence-corrected chi connectivity index (χ4v) is 4.13. The minimum atomic E-state index is -0.980. The van der Waals surface area contributed by atoms with Crippen LogP contribution in [0.2, 0.25) is 0 Å². The maximum Gasteiger partial charge on any atom is 0.340 e. The maximum atomic E-state index is 13.6. The number of non-ortho nitro benzene ring substituents is 1. The predicted molar refractivity (Wildman–Crippen MR) is 128 cm³/mol. The van der Waals surface area contributed by atoms with Crippen LogP contribution in [0.5, 0.6) is 0 Å². The number of nitrogens with one attached hydrogen (secondary N) is 1. The van der Waals surface area contributed by atoms with Crippen molar-refractivity contribution in [2.45, 2.75) is 26.7 Å². The zero-order valence-corrected chi connectivity index (χ0v) is 19.7. The number of hydrogen-bond acceptors (Lipinski definition) is 8. The van der Waals surface area contributed by atoms with E-state index >= 15 is 0 Å². The molecule has 0 spiro atoms. The van der Waals surface area contributed by atoms with Crippen molar-refractivity contribution in [3.05, 3.63) is 81.0 Å². The number of esters is 2. The summed E-state index contributed by atoms with van der Waals surface area (Å²) >= 11 is 0. The number of anilines is 1. The quantitative estimate of drug-likeness (QED) is 0.359. The molecule has 1 amide bonds. The number of methoxy groups -OCH3 is 1. The van der Waals surface area contributed by atoms with Gasteiger partial charge in [0.25, 0.3) is 11.6 Å². The molecular weight excluding hydrogens is 454 g/mol. The van der Waals surface area contributed by atoms with Gasteiger partial charge in [0, 0.05) is 35.0 Å². The van der Waals surface area contributed by atoms with Gasteiger partial charge in [0.2, 0.25) is 0 Å². The summed E-state index contributed by atoms with van der Waals surface area (Å²) in [7, 11) is 1.22. The van der Waals surface area contributed by atoms with Crippen molar-refractivity contribution in [3.63, 3.8) is 0 Å². The summed E-state index contributed by atoms with van der Waals surface area (Å²) in [5.41, 5.74) is 1.45. The lowest BCUT2D eigenvalue weighted by molar-refractivity contribution is -0.384. The van der Waals surface area contributed by atoms with Crippen LogP contribution in [0.25, 0.3) is 0 Å². The van der Waals surface area contributed by atoms with Gasteiger partial charge in [-0.15, -0.1) is 0 Å². The number of hydrogen-bond donors (Lipinski definition) is 1. The molecule has 0 saturated carbocycles. The van der Waals surface area contributed by atoms with E-state index in [1.54, 1.807) is 45.0 Å². The lowest BCUT2D eigenvalue weighted by Crippen LogP contribution is -2.37. The smallest absolute Gasteiger partial charge is 0.340 e. The van der Waals surface area contributed by atoms with Gasteiger partial charge < -0.3 is 14.8 Å². The van der Waals surface area contributed by atoms with Gasteiger partial charge >= 0.3 is 11.9 Å². The van der Waals surface area contributed by atoms with E-state index in [4.69, 9.17) is 9.47 Å². The van der Waals surface area contributed by atoms with E-state index in [-0.39, 0.29) is 29.1 Å². The lowest BCUT2D eigenvalue weighted by atomic mass is 9.75. The number of benzene rings is 2. The molecule has 3 rings (SSSR count). The number of para-hydroxylation sites is 1. The molecule has 182 valence electrons. The van der Waals surface area contributed by atoms with Crippen molar-refractivity contribution in [3.8, 4) is 0 Å². The molecule has 1 heterocycles. The van der Waals surface area contributed by atoms with Crippen molar-refractivity contribution < 1.29 is 28.8 Å². The highest BCUT2D eigenvalue weighted by atomic mass is 16.6. The van der Waals surface area contributed by atoms with Gasteiger partial charge in [-0.05, 0) is 38.5 Å². The SMILES string of the molecule is CCOC(=O)c1ccccc1NC(=O)C1=C(C)N=C(C)C(C(=O)OC)C1c1cccc([N+](=O)[O-])c1. The van der Waals surface area contributed by atoms with Gasteiger partial charge in [0.1, 0.15) is 5.92 Å². The van der Waals surface area contributed by atoms with Crippen LogP contribution in [0.4, 0.5) is 11.4 Å². The van der Waals surface area contributed by atoms with Gasteiger partial charge in [-0.1, -0.05) is 24.3 Å². The number of nitrogens with zero attached hydrogens (tertiary/aromatic N) is 2. The molecule has 10 nitrogen and oxygen atoms in total. The molecule has 1 aliphatic heterocycles. The number of carbonyl (C=O) groups is 3. The third-order valence-electron chi connectivity index (χ3n) is 5.64. The van der Waals surface area contributed by atoms with Gasteiger partial charge in [0.15, 0.2) is 0 Å². The summed E-state index contributed by atoms with van der Waals surface area (Å²) in [5.74, 6) is -3.73. The standard InChI is InChI=1S/C25H25N3O7/c1-5-35-24(30)18-11-6-7-12-19(18)27-23(29)20-14(2)26-15(3)21(25(31)34-4)22(20)16-9-8-10-17(13-16)28(32)33/h6-13,21-22H,5H2,1-4H3,(H,27,29). The fourth-order valence-electron chi connectivity index (χ4n) is 4.13. The van der Waals surface area contributed by atoms with E-state index < -0.39 is 34.6 Å². The van der Waals surface area contributed by atoms with Gasteiger partial charge in [-0.2, -0.15) is 0 Å². The molecule has 1 N–H and O–H groups in total. The first-order chi connectivity index (χ1) is 16.7. The number of allylic oxidation sites excluding steroid dienone is 1. The lowest BCUT2D eigenvalue weighted by Gasteiger charge is -2.31. The third-order valence-corrected chi connectivity index (χ3v) is 5.64. The van der Waals surface area contributed by atoms with Gasteiger partial charge in [-0.25, -0.2) is 4.79 Å². The molecule has 0 aliphatic carbocycles. The summed E-state index contributed by atoms with van der Waals surface area (Å²) in [6.45, 7) is 5.09. The van der Waals surface area contributed by atoms with Crippen LogP contribution in [0, 0.1) is 16.0 Å². The van der Waals surface area contributed by atoms with Crippen molar-refractivity contribution >= 4 is 34.9 Å². The van der Waals surface area contributed by atoms with Crippen molar-refractivity contribution in [2.75, 3.05) is 19.0 Å². The molecule has 0 fully saturated rings. The van der Waals surface area contributed by atoms with E-state index in [1.165, 1.54) is 31.4 Å². The third kappa shape index (κ3) is 5.26. The number of aliphatic imine (C=N–C) groups is 1. The molecule has 1 aliphatic rings. The van der Waals surface area contributed by atoms with Crippen LogP contribution in [0.3, 0.4) is 0 Å². The zero-order valence-electron chi connectivity index (χ0n) is 19.7. The highest BCUT2D eigenvalue weighted by Gasteiger charge is 2.42. The largest absolute Gasteiger partial charge is 0.468 e. The van der Waals surface area contributed by atoms with Crippen LogP contribution < -0.4 is 5.32 Å². The Kier molecular flexibility index (Phi) is 7.75. The molecule has 2 aromatic rings. The van der Waals surface area contributed by atoms with Crippen LogP contribution in [0.15, 0.2) is 64.8 Å². The number of nitro benzene ring substituents is 1. The van der Waals surface area contributed by atoms with Crippen LogP contribution >= 0.6 is 0 Å². The second kappa shape index (κ2) is 10.7. The number of rotatable bonds is 7. The van der Waals surface area contributed by atoms with Crippen molar-refractivity contribution in [2.24, 2.45) is 10.9 Å². The fraction of sp³-hybridized carbons (Fsp3) is 0.280. The number of nitro groups is 1. The Labute approximate surface area is 201 Å². The number of carbonyl (C=O) groups excluding carboxylic acids is 3. The molecule has 0 saturated heterocycles. The summed E-state index contributed by atoms with van der Waals surface area (Å²) in [6, 6.07) is 12.1. The van der Waals surface area contributed by atoms with E-state index in [1.807, 2.05) is 0 Å². The Bertz CT molecular complexity index is 1250. The van der Waals surface area contributed by atoms with E-state index in [9.17, 15) is 24.5 Å². The van der Waals surface area contributed by atoms with Crippen LogP contribution in [0.1, 0.15) is 42.6 Å². The first kappa shape index (κ1) is 25.3. The second-order valence-electron chi connectivity index (χ2n) is 7.80. The zero-order chi connectivity index (χ0) is 25.7. The first-order valence-electron chi connectivity index (χ1n) is 10.8. The van der Waals surface area contributed by atoms with Crippen molar-refractivity contribution in [1.82, 2.24) is 0 Å². The second-order valence-corrected chi connectivity index (χ2v) is 7.80. The summed E-state index contributed by atoms with van der Waals surface area (Å²) in [4.78, 5) is 54.0. The van der Waals surface area contributed by atoms with E-state index in [2.05, 4.69) is 10.3 Å². The predicted octanol–water partition coefficient (Wildman–Crippen LogP) is 4.03. The topological polar surface area (TPSA) is 137 Å². The molecule has 2 atom stereocenters. The molecule has 35 heavy (non-hydrogen) atoms. The normalized spacial score (nSPS) is 17.3. The van der Waals surface area contributed by atoms with Gasteiger partial charge in [0.05, 0.1) is 29.9 Å². The average molecular weight is 479 g/mol. The molecule has 2 unspecified atom stereocenters. The first-order valence-corrected chi connectivity index (χ1v) is 10.8. The Hall–Kier alpha value is -4.34. The van der Waals surface area contributed by atoms with Gasteiger partial charge in [-0.3, -0.25) is 24.7 Å². The number of ether oxygens (including phenoxy) is 2. The Balaban J connectivity index is 2.12. The number of amides is 1. The maximum absolute atomic E-state index is 13.6. The summed E-state index contributed by atoms with van der Waals surface area (Å²) < 4.78 is 10.1. The van der Waals surface area contributed by atoms with Crippen LogP contribution in [-0.4, -0.2) is 42.2 Å². The van der Waals surface area contributed by atoms with Crippen LogP contribution in [-0.2, 0) is 19.1 Å².